The highest BCUT2D eigenvalue weighted by atomic mass is 16.5. The van der Waals surface area contributed by atoms with Crippen molar-refractivity contribution < 1.29 is 19.1 Å². The van der Waals surface area contributed by atoms with Crippen LogP contribution in [-0.2, 0) is 19.1 Å². The smallest absolute Gasteiger partial charge is 0.326 e. The number of aryl methyl sites for hydroxylation is 1. The van der Waals surface area contributed by atoms with E-state index in [1.54, 1.807) is 13.8 Å². The minimum absolute atomic E-state index is 0.223. The van der Waals surface area contributed by atoms with Gasteiger partial charge in [0.05, 0.1) is 18.4 Å². The second-order valence-corrected chi connectivity index (χ2v) is 6.69. The number of nitrogens with one attached hydrogen (secondary N) is 1. The molecule has 0 aliphatic carbocycles. The third kappa shape index (κ3) is 2.24. The molecule has 0 aromatic heterocycles. The molecule has 3 rings (SSSR count). The Kier molecular flexibility index (Phi) is 3.95. The van der Waals surface area contributed by atoms with Crippen LogP contribution in [0.1, 0.15) is 31.0 Å². The lowest BCUT2D eigenvalue weighted by atomic mass is 9.80. The van der Waals surface area contributed by atoms with Gasteiger partial charge in [0.1, 0.15) is 5.54 Å². The third-order valence-corrected chi connectivity index (χ3v) is 5.14. The molecule has 2 saturated heterocycles. The van der Waals surface area contributed by atoms with Crippen molar-refractivity contribution in [3.8, 4) is 0 Å². The van der Waals surface area contributed by atoms with E-state index in [4.69, 9.17) is 4.74 Å². The summed E-state index contributed by atoms with van der Waals surface area (Å²) in [5.41, 5.74) is 0.778. The number of amides is 2. The number of carbonyl (C=O) groups excluding carboxylic acids is 3. The molecule has 6 heteroatoms. The number of hydrogen-bond donors (Lipinski definition) is 1. The van der Waals surface area contributed by atoms with Crippen molar-refractivity contribution in [2.24, 2.45) is 11.8 Å². The maximum absolute atomic E-state index is 12.6. The van der Waals surface area contributed by atoms with Gasteiger partial charge >= 0.3 is 5.97 Å². The first-order valence-electron chi connectivity index (χ1n) is 8.14. The summed E-state index contributed by atoms with van der Waals surface area (Å²) in [6.07, 6.45) is 0. The summed E-state index contributed by atoms with van der Waals surface area (Å²) < 4.78 is 5.18. The van der Waals surface area contributed by atoms with E-state index in [-0.39, 0.29) is 18.4 Å². The fourth-order valence-corrected chi connectivity index (χ4v) is 3.81. The molecule has 24 heavy (non-hydrogen) atoms. The normalized spacial score (nSPS) is 32.2. The van der Waals surface area contributed by atoms with E-state index < -0.39 is 29.4 Å². The predicted molar refractivity (Wildman–Crippen MR) is 86.9 cm³/mol. The molecule has 2 aliphatic rings. The van der Waals surface area contributed by atoms with Crippen LogP contribution < -0.4 is 5.32 Å². The van der Waals surface area contributed by atoms with Gasteiger partial charge in [-0.3, -0.25) is 24.6 Å². The minimum atomic E-state index is -1.21. The van der Waals surface area contributed by atoms with E-state index in [2.05, 4.69) is 5.32 Å². The molecule has 0 saturated carbocycles. The van der Waals surface area contributed by atoms with Crippen LogP contribution in [-0.4, -0.2) is 41.9 Å². The van der Waals surface area contributed by atoms with E-state index in [1.165, 1.54) is 7.05 Å². The Hall–Kier alpha value is -2.21. The number of ether oxygens (including phenoxy) is 1. The molecule has 0 bridgehead atoms. The quantitative estimate of drug-likeness (QED) is 0.665. The molecule has 0 spiro atoms. The van der Waals surface area contributed by atoms with Crippen LogP contribution in [0.2, 0.25) is 0 Å². The van der Waals surface area contributed by atoms with Gasteiger partial charge in [-0.15, -0.1) is 0 Å². The van der Waals surface area contributed by atoms with Crippen molar-refractivity contribution in [2.45, 2.75) is 32.4 Å². The molecule has 1 aromatic rings. The van der Waals surface area contributed by atoms with Gasteiger partial charge in [0, 0.05) is 13.1 Å². The van der Waals surface area contributed by atoms with E-state index >= 15 is 0 Å². The van der Waals surface area contributed by atoms with Crippen LogP contribution in [0, 0.1) is 18.8 Å². The average molecular weight is 330 g/mol. The molecule has 4 atom stereocenters. The van der Waals surface area contributed by atoms with E-state index in [0.717, 1.165) is 16.0 Å². The number of likely N-dealkylation sites (tertiary alicyclic amines) is 1. The zero-order chi connectivity index (χ0) is 17.6. The van der Waals surface area contributed by atoms with Crippen molar-refractivity contribution in [1.82, 2.24) is 10.2 Å². The van der Waals surface area contributed by atoms with Gasteiger partial charge in [-0.2, -0.15) is 0 Å². The van der Waals surface area contributed by atoms with E-state index in [9.17, 15) is 14.4 Å². The number of rotatable bonds is 3. The zero-order valence-corrected chi connectivity index (χ0v) is 14.3. The summed E-state index contributed by atoms with van der Waals surface area (Å²) in [5, 5.41) is 3.23. The number of carbonyl (C=O) groups is 3. The number of esters is 1. The van der Waals surface area contributed by atoms with Crippen LogP contribution in [0.4, 0.5) is 0 Å². The van der Waals surface area contributed by atoms with Gasteiger partial charge in [-0.25, -0.2) is 0 Å². The van der Waals surface area contributed by atoms with Gasteiger partial charge in [0.15, 0.2) is 0 Å². The summed E-state index contributed by atoms with van der Waals surface area (Å²) in [4.78, 5) is 38.9. The predicted octanol–water partition coefficient (Wildman–Crippen LogP) is 1.19. The number of benzene rings is 1. The molecule has 6 nitrogen and oxygen atoms in total. The molecule has 0 unspecified atom stereocenters. The highest BCUT2D eigenvalue weighted by Gasteiger charge is 2.66. The van der Waals surface area contributed by atoms with Crippen LogP contribution >= 0.6 is 0 Å². The zero-order valence-electron chi connectivity index (χ0n) is 14.3. The molecule has 2 amide bonds. The number of nitrogens with zero attached hydrogens (tertiary/aromatic N) is 1. The standard InChI is InChI=1S/C18H22N2O4/c1-5-24-17(23)18(3)13-12(15(21)20(4)16(13)22)14(19-18)11-8-6-10(2)7-9-11/h6-9,12-14,19H,5H2,1-4H3/t12-,13+,14-,18-/m1/s1. The molecular weight excluding hydrogens is 308 g/mol. The van der Waals surface area contributed by atoms with Crippen LogP contribution in [0.25, 0.3) is 0 Å². The first kappa shape index (κ1) is 16.6. The average Bonchev–Trinajstić information content (AvgIpc) is 2.99. The summed E-state index contributed by atoms with van der Waals surface area (Å²) in [6, 6.07) is 7.37. The highest BCUT2D eigenvalue weighted by molar-refractivity contribution is 6.09. The lowest BCUT2D eigenvalue weighted by Gasteiger charge is -2.28. The van der Waals surface area contributed by atoms with Crippen molar-refractivity contribution >= 4 is 17.8 Å². The number of hydrogen-bond acceptors (Lipinski definition) is 5. The molecule has 2 fully saturated rings. The molecule has 2 heterocycles. The Bertz CT molecular complexity index is 699. The lowest BCUT2D eigenvalue weighted by molar-refractivity contribution is -0.155. The fourth-order valence-electron chi connectivity index (χ4n) is 3.81. The van der Waals surface area contributed by atoms with Crippen molar-refractivity contribution in [1.29, 1.82) is 0 Å². The SMILES string of the molecule is CCOC(=O)[C@]1(C)N[C@H](c2ccc(C)cc2)[C@@H]2C(=O)N(C)C(=O)[C@H]21. The summed E-state index contributed by atoms with van der Waals surface area (Å²) >= 11 is 0. The topological polar surface area (TPSA) is 75.7 Å². The first-order valence-corrected chi connectivity index (χ1v) is 8.14. The van der Waals surface area contributed by atoms with E-state index in [0.29, 0.717) is 0 Å². The Morgan fingerprint density at radius 3 is 2.46 bits per heavy atom. The lowest BCUT2D eigenvalue weighted by Crippen LogP contribution is -2.53. The van der Waals surface area contributed by atoms with Gasteiger partial charge in [0.2, 0.25) is 11.8 Å². The Balaban J connectivity index is 2.06. The maximum atomic E-state index is 12.6. The van der Waals surface area contributed by atoms with Gasteiger partial charge in [-0.05, 0) is 26.3 Å². The summed E-state index contributed by atoms with van der Waals surface area (Å²) in [7, 11) is 1.47. The van der Waals surface area contributed by atoms with Crippen molar-refractivity contribution in [2.75, 3.05) is 13.7 Å². The molecule has 1 N–H and O–H groups in total. The summed E-state index contributed by atoms with van der Waals surface area (Å²) in [5.74, 6) is -2.43. The molecular formula is C18H22N2O4. The second kappa shape index (κ2) is 5.70. The Morgan fingerprint density at radius 1 is 1.25 bits per heavy atom. The van der Waals surface area contributed by atoms with Crippen LogP contribution in [0.5, 0.6) is 0 Å². The monoisotopic (exact) mass is 330 g/mol. The highest BCUT2D eigenvalue weighted by Crippen LogP contribution is 2.48. The summed E-state index contributed by atoms with van der Waals surface area (Å²) in [6.45, 7) is 5.58. The van der Waals surface area contributed by atoms with Gasteiger partial charge in [-0.1, -0.05) is 29.8 Å². The van der Waals surface area contributed by atoms with Crippen molar-refractivity contribution in [3.05, 3.63) is 35.4 Å². The third-order valence-electron chi connectivity index (χ3n) is 5.14. The van der Waals surface area contributed by atoms with E-state index in [1.807, 2.05) is 31.2 Å². The molecule has 2 aliphatic heterocycles. The van der Waals surface area contributed by atoms with Gasteiger partial charge < -0.3 is 4.74 Å². The van der Waals surface area contributed by atoms with Crippen LogP contribution in [0.15, 0.2) is 24.3 Å². The van der Waals surface area contributed by atoms with Gasteiger partial charge in [0.25, 0.3) is 0 Å². The molecule has 1 aromatic carbocycles. The number of imide groups is 1. The van der Waals surface area contributed by atoms with Crippen molar-refractivity contribution in [3.63, 3.8) is 0 Å². The minimum Gasteiger partial charge on any atom is -0.465 e. The molecule has 0 radical (unpaired) electrons. The first-order chi connectivity index (χ1) is 11.3. The Morgan fingerprint density at radius 2 is 1.88 bits per heavy atom. The van der Waals surface area contributed by atoms with Crippen LogP contribution in [0.3, 0.4) is 0 Å². The number of fused-ring (bicyclic) bond motifs is 1. The maximum Gasteiger partial charge on any atom is 0.326 e. The Labute approximate surface area is 141 Å². The second-order valence-electron chi connectivity index (χ2n) is 6.69. The fraction of sp³-hybridized carbons (Fsp3) is 0.500. The molecule has 128 valence electrons. The largest absolute Gasteiger partial charge is 0.465 e.